The standard InChI is InChI=1S/C21H21Cl2N3O3S2/c1-26(2)19(20-7-4-10-30-20)13-24-21(27)14-5-3-6-15(11-14)25-31(28,29)16-8-9-17(22)18(23)12-16/h3-12,19,25H,13H2,1-2H3,(H,24,27). The summed E-state index contributed by atoms with van der Waals surface area (Å²) in [5, 5.41) is 5.32. The average molecular weight is 498 g/mol. The molecule has 0 bridgehead atoms. The van der Waals surface area contributed by atoms with Gasteiger partial charge in [-0.25, -0.2) is 8.42 Å². The van der Waals surface area contributed by atoms with Gasteiger partial charge in [0.15, 0.2) is 0 Å². The molecule has 1 aromatic heterocycles. The van der Waals surface area contributed by atoms with Crippen LogP contribution in [0.1, 0.15) is 21.3 Å². The second-order valence-electron chi connectivity index (χ2n) is 6.97. The molecule has 3 aromatic rings. The molecule has 10 heteroatoms. The highest BCUT2D eigenvalue weighted by molar-refractivity contribution is 7.92. The van der Waals surface area contributed by atoms with Crippen molar-refractivity contribution in [1.29, 1.82) is 0 Å². The van der Waals surface area contributed by atoms with E-state index >= 15 is 0 Å². The van der Waals surface area contributed by atoms with E-state index in [-0.39, 0.29) is 32.6 Å². The van der Waals surface area contributed by atoms with Crippen LogP contribution in [0.5, 0.6) is 0 Å². The molecular formula is C21H21Cl2N3O3S2. The van der Waals surface area contributed by atoms with Crippen LogP contribution in [0.3, 0.4) is 0 Å². The van der Waals surface area contributed by atoms with Crippen LogP contribution in [-0.2, 0) is 10.0 Å². The Hall–Kier alpha value is -2.10. The zero-order chi connectivity index (χ0) is 22.6. The van der Waals surface area contributed by atoms with Crippen molar-refractivity contribution >= 4 is 56.2 Å². The highest BCUT2D eigenvalue weighted by Gasteiger charge is 2.19. The lowest BCUT2D eigenvalue weighted by Gasteiger charge is -2.23. The minimum atomic E-state index is -3.89. The molecule has 1 amide bonds. The third kappa shape index (κ3) is 5.99. The quantitative estimate of drug-likeness (QED) is 0.464. The van der Waals surface area contributed by atoms with Crippen molar-refractivity contribution < 1.29 is 13.2 Å². The molecule has 0 fully saturated rings. The summed E-state index contributed by atoms with van der Waals surface area (Å²) in [6, 6.07) is 14.4. The van der Waals surface area contributed by atoms with Crippen molar-refractivity contribution in [1.82, 2.24) is 10.2 Å². The molecule has 2 aromatic carbocycles. The zero-order valence-corrected chi connectivity index (χ0v) is 19.9. The maximum atomic E-state index is 12.7. The number of hydrogen-bond donors (Lipinski definition) is 2. The molecule has 1 heterocycles. The third-order valence-corrected chi connectivity index (χ3v) is 7.62. The van der Waals surface area contributed by atoms with Gasteiger partial charge in [0, 0.05) is 22.7 Å². The summed E-state index contributed by atoms with van der Waals surface area (Å²) in [4.78, 5) is 15.8. The summed E-state index contributed by atoms with van der Waals surface area (Å²) in [5.74, 6) is -0.293. The Kier molecular flexibility index (Phi) is 7.61. The summed E-state index contributed by atoms with van der Waals surface area (Å²) < 4.78 is 27.8. The number of likely N-dealkylation sites (N-methyl/N-ethyl adjacent to an activating group) is 1. The number of benzene rings is 2. The Morgan fingerprint density at radius 3 is 2.48 bits per heavy atom. The molecule has 0 spiro atoms. The number of amides is 1. The van der Waals surface area contributed by atoms with Crippen molar-refractivity contribution in [2.45, 2.75) is 10.9 Å². The molecule has 6 nitrogen and oxygen atoms in total. The van der Waals surface area contributed by atoms with E-state index in [2.05, 4.69) is 10.0 Å². The first-order chi connectivity index (χ1) is 14.7. The molecule has 0 saturated carbocycles. The lowest BCUT2D eigenvalue weighted by Crippen LogP contribution is -2.34. The van der Waals surface area contributed by atoms with Gasteiger partial charge in [0.2, 0.25) is 0 Å². The van der Waals surface area contributed by atoms with Crippen LogP contribution in [0.4, 0.5) is 5.69 Å². The largest absolute Gasteiger partial charge is 0.350 e. The van der Waals surface area contributed by atoms with Crippen molar-refractivity contribution in [2.75, 3.05) is 25.4 Å². The maximum Gasteiger partial charge on any atom is 0.261 e. The molecule has 0 radical (unpaired) electrons. The topological polar surface area (TPSA) is 78.5 Å². The van der Waals surface area contributed by atoms with Gasteiger partial charge < -0.3 is 10.2 Å². The van der Waals surface area contributed by atoms with Gasteiger partial charge in [-0.2, -0.15) is 0 Å². The number of sulfonamides is 1. The third-order valence-electron chi connectivity index (χ3n) is 4.53. The molecule has 2 N–H and O–H groups in total. The summed E-state index contributed by atoms with van der Waals surface area (Å²) in [6.45, 7) is 0.422. The number of carbonyl (C=O) groups excluding carboxylic acids is 1. The number of nitrogens with zero attached hydrogens (tertiary/aromatic N) is 1. The fourth-order valence-electron chi connectivity index (χ4n) is 2.89. The summed E-state index contributed by atoms with van der Waals surface area (Å²) in [5.41, 5.74) is 0.610. The molecule has 0 aliphatic carbocycles. The van der Waals surface area contributed by atoms with Crippen molar-refractivity contribution in [3.05, 3.63) is 80.5 Å². The number of thiophene rings is 1. The molecule has 1 unspecified atom stereocenters. The van der Waals surface area contributed by atoms with Gasteiger partial charge in [-0.3, -0.25) is 9.52 Å². The Morgan fingerprint density at radius 1 is 1.06 bits per heavy atom. The van der Waals surface area contributed by atoms with Gasteiger partial charge in [-0.05, 0) is 61.9 Å². The molecule has 31 heavy (non-hydrogen) atoms. The van der Waals surface area contributed by atoms with Crippen LogP contribution in [0, 0.1) is 0 Å². The second kappa shape index (κ2) is 10.0. The van der Waals surface area contributed by atoms with Crippen LogP contribution >= 0.6 is 34.5 Å². The van der Waals surface area contributed by atoms with E-state index in [0.717, 1.165) is 4.88 Å². The Bertz CT molecular complexity index is 1170. The predicted octanol–water partition coefficient (Wildman–Crippen LogP) is 4.89. The van der Waals surface area contributed by atoms with E-state index in [1.807, 2.05) is 36.5 Å². The van der Waals surface area contributed by atoms with Gasteiger partial charge in [0.1, 0.15) is 0 Å². The van der Waals surface area contributed by atoms with Crippen LogP contribution in [-0.4, -0.2) is 39.9 Å². The lowest BCUT2D eigenvalue weighted by molar-refractivity contribution is 0.0942. The molecule has 3 rings (SSSR count). The van der Waals surface area contributed by atoms with Crippen molar-refractivity contribution in [2.24, 2.45) is 0 Å². The van der Waals surface area contributed by atoms with Gasteiger partial charge in [-0.1, -0.05) is 35.3 Å². The fourth-order valence-corrected chi connectivity index (χ4v) is 5.25. The van der Waals surface area contributed by atoms with Crippen LogP contribution < -0.4 is 10.0 Å². The highest BCUT2D eigenvalue weighted by atomic mass is 35.5. The van der Waals surface area contributed by atoms with E-state index in [1.54, 1.807) is 29.5 Å². The number of nitrogens with one attached hydrogen (secondary N) is 2. The first-order valence-corrected chi connectivity index (χ1v) is 12.4. The maximum absolute atomic E-state index is 12.7. The summed E-state index contributed by atoms with van der Waals surface area (Å²) >= 11 is 13.4. The zero-order valence-electron chi connectivity index (χ0n) is 16.8. The fraction of sp³-hybridized carbons (Fsp3) is 0.190. The smallest absolute Gasteiger partial charge is 0.261 e. The first kappa shape index (κ1) is 23.6. The molecule has 0 aliphatic heterocycles. The van der Waals surface area contributed by atoms with E-state index in [9.17, 15) is 13.2 Å². The highest BCUT2D eigenvalue weighted by Crippen LogP contribution is 2.26. The van der Waals surface area contributed by atoms with Crippen LogP contribution in [0.15, 0.2) is 64.9 Å². The van der Waals surface area contributed by atoms with Gasteiger partial charge in [0.25, 0.3) is 15.9 Å². The molecule has 1 atom stereocenters. The predicted molar refractivity (Wildman–Crippen MR) is 127 cm³/mol. The van der Waals surface area contributed by atoms with Crippen LogP contribution in [0.2, 0.25) is 10.0 Å². The molecule has 164 valence electrons. The first-order valence-electron chi connectivity index (χ1n) is 9.23. The van der Waals surface area contributed by atoms with Crippen LogP contribution in [0.25, 0.3) is 0 Å². The molecular weight excluding hydrogens is 477 g/mol. The van der Waals surface area contributed by atoms with Gasteiger partial charge >= 0.3 is 0 Å². The van der Waals surface area contributed by atoms with Crippen molar-refractivity contribution in [3.8, 4) is 0 Å². The minimum Gasteiger partial charge on any atom is -0.350 e. The number of anilines is 1. The molecule has 0 saturated heterocycles. The minimum absolute atomic E-state index is 0.0264. The normalized spacial score (nSPS) is 12.5. The summed E-state index contributed by atoms with van der Waals surface area (Å²) in [7, 11) is 0.0150. The molecule has 0 aliphatic rings. The second-order valence-corrected chi connectivity index (χ2v) is 10.4. The van der Waals surface area contributed by atoms with E-state index in [1.165, 1.54) is 24.3 Å². The monoisotopic (exact) mass is 497 g/mol. The van der Waals surface area contributed by atoms with Crippen molar-refractivity contribution in [3.63, 3.8) is 0 Å². The average Bonchev–Trinajstić information content (AvgIpc) is 3.24. The van der Waals surface area contributed by atoms with E-state index in [4.69, 9.17) is 23.2 Å². The lowest BCUT2D eigenvalue weighted by atomic mass is 10.1. The van der Waals surface area contributed by atoms with Gasteiger partial charge in [-0.15, -0.1) is 11.3 Å². The number of carbonyl (C=O) groups is 1. The summed E-state index contributed by atoms with van der Waals surface area (Å²) in [6.07, 6.45) is 0. The number of halogens is 2. The SMILES string of the molecule is CN(C)C(CNC(=O)c1cccc(NS(=O)(=O)c2ccc(Cl)c(Cl)c2)c1)c1cccs1. The van der Waals surface area contributed by atoms with E-state index < -0.39 is 10.0 Å². The van der Waals surface area contributed by atoms with E-state index in [0.29, 0.717) is 12.1 Å². The number of hydrogen-bond acceptors (Lipinski definition) is 5. The number of rotatable bonds is 8. The Balaban J connectivity index is 1.72. The Labute approximate surface area is 195 Å². The Morgan fingerprint density at radius 2 is 1.84 bits per heavy atom. The van der Waals surface area contributed by atoms with Gasteiger partial charge in [0.05, 0.1) is 21.0 Å².